The van der Waals surface area contributed by atoms with Crippen molar-refractivity contribution in [3.8, 4) is 0 Å². The second kappa shape index (κ2) is 7.04. The number of nitrogens with zero attached hydrogens (tertiary/aromatic N) is 2. The fourth-order valence-electron chi connectivity index (χ4n) is 2.63. The van der Waals surface area contributed by atoms with Gasteiger partial charge in [-0.3, -0.25) is 14.5 Å². The zero-order valence-electron chi connectivity index (χ0n) is 12.6. The number of nitrogens with two attached hydrogens (primary N) is 1. The number of piperidine rings is 1. The van der Waals surface area contributed by atoms with Gasteiger partial charge in [-0.05, 0) is 38.3 Å². The number of carbonyl (C=O) groups excluding carboxylic acids is 2. The number of carbonyl (C=O) groups is 2. The molecule has 1 fully saturated rings. The lowest BCUT2D eigenvalue weighted by molar-refractivity contribution is -0.136. The van der Waals surface area contributed by atoms with Crippen LogP contribution in [0.25, 0.3) is 0 Å². The number of likely N-dealkylation sites (tertiary alicyclic amines) is 1. The highest BCUT2D eigenvalue weighted by atomic mass is 32.1. The zero-order chi connectivity index (χ0) is 15.4. The van der Waals surface area contributed by atoms with Gasteiger partial charge in [0.15, 0.2) is 0 Å². The van der Waals surface area contributed by atoms with Crippen LogP contribution in [0.3, 0.4) is 0 Å². The lowest BCUT2D eigenvalue weighted by atomic mass is 9.97. The summed E-state index contributed by atoms with van der Waals surface area (Å²) in [4.78, 5) is 28.7. The first-order chi connectivity index (χ1) is 9.99. The fraction of sp³-hybridized carbons (Fsp3) is 0.600. The highest BCUT2D eigenvalue weighted by Gasteiger charge is 2.28. The van der Waals surface area contributed by atoms with Gasteiger partial charge in [0.25, 0.3) is 0 Å². The van der Waals surface area contributed by atoms with E-state index in [1.54, 1.807) is 16.2 Å². The van der Waals surface area contributed by atoms with Crippen LogP contribution in [0, 0.1) is 5.92 Å². The summed E-state index contributed by atoms with van der Waals surface area (Å²) in [5.74, 6) is -0.414. The molecule has 1 aliphatic heterocycles. The van der Waals surface area contributed by atoms with Crippen molar-refractivity contribution < 1.29 is 9.59 Å². The second-order valence-corrected chi connectivity index (χ2v) is 6.67. The standard InChI is InChI=1S/C15H23N3O2S/c1-11(13-6-4-8-21-13)17(2)10-14(19)18-7-3-5-12(9-18)15(16)20/h4,6,8,11-12H,3,5,7,9-10H2,1-2H3,(H2,16,20). The summed E-state index contributed by atoms with van der Waals surface area (Å²) < 4.78 is 0. The van der Waals surface area contributed by atoms with E-state index in [9.17, 15) is 9.59 Å². The molecule has 0 aromatic carbocycles. The van der Waals surface area contributed by atoms with Crippen molar-refractivity contribution in [3.63, 3.8) is 0 Å². The van der Waals surface area contributed by atoms with Gasteiger partial charge in [0.05, 0.1) is 12.5 Å². The van der Waals surface area contributed by atoms with E-state index in [1.165, 1.54) is 4.88 Å². The Hall–Kier alpha value is -1.40. The lowest BCUT2D eigenvalue weighted by Crippen LogP contribution is -2.47. The molecular formula is C15H23N3O2S. The number of likely N-dealkylation sites (N-methyl/N-ethyl adjacent to an activating group) is 1. The van der Waals surface area contributed by atoms with Crippen molar-refractivity contribution in [3.05, 3.63) is 22.4 Å². The molecule has 0 aliphatic carbocycles. The van der Waals surface area contributed by atoms with Crippen LogP contribution < -0.4 is 5.73 Å². The minimum Gasteiger partial charge on any atom is -0.369 e. The first kappa shape index (κ1) is 16.0. The molecule has 116 valence electrons. The van der Waals surface area contributed by atoms with Gasteiger partial charge in [-0.15, -0.1) is 11.3 Å². The van der Waals surface area contributed by atoms with E-state index in [0.717, 1.165) is 19.4 Å². The van der Waals surface area contributed by atoms with E-state index < -0.39 is 0 Å². The summed E-state index contributed by atoms with van der Waals surface area (Å²) in [7, 11) is 1.96. The van der Waals surface area contributed by atoms with Gasteiger partial charge in [-0.2, -0.15) is 0 Å². The monoisotopic (exact) mass is 309 g/mol. The van der Waals surface area contributed by atoms with Crippen LogP contribution in [-0.2, 0) is 9.59 Å². The number of thiophene rings is 1. The van der Waals surface area contributed by atoms with Gasteiger partial charge in [0.1, 0.15) is 0 Å². The Balaban J connectivity index is 1.90. The molecular weight excluding hydrogens is 286 g/mol. The summed E-state index contributed by atoms with van der Waals surface area (Å²) >= 11 is 1.70. The number of amides is 2. The Morgan fingerprint density at radius 3 is 2.95 bits per heavy atom. The van der Waals surface area contributed by atoms with Crippen LogP contribution in [0.2, 0.25) is 0 Å². The topological polar surface area (TPSA) is 66.6 Å². The Morgan fingerprint density at radius 2 is 2.33 bits per heavy atom. The van der Waals surface area contributed by atoms with Crippen LogP contribution in [0.4, 0.5) is 0 Å². The molecule has 2 atom stereocenters. The molecule has 2 N–H and O–H groups in total. The van der Waals surface area contributed by atoms with E-state index in [-0.39, 0.29) is 23.8 Å². The molecule has 1 saturated heterocycles. The Morgan fingerprint density at radius 1 is 1.57 bits per heavy atom. The summed E-state index contributed by atoms with van der Waals surface area (Å²) in [5.41, 5.74) is 5.36. The highest BCUT2D eigenvalue weighted by molar-refractivity contribution is 7.10. The molecule has 0 bridgehead atoms. The number of hydrogen-bond donors (Lipinski definition) is 1. The average Bonchev–Trinajstić information content (AvgIpc) is 3.00. The molecule has 21 heavy (non-hydrogen) atoms. The van der Waals surface area contributed by atoms with E-state index in [4.69, 9.17) is 5.73 Å². The number of rotatable bonds is 5. The Kier molecular flexibility index (Phi) is 5.36. The van der Waals surface area contributed by atoms with Crippen LogP contribution >= 0.6 is 11.3 Å². The Labute approximate surface area is 129 Å². The normalized spacial score (nSPS) is 20.5. The van der Waals surface area contributed by atoms with Crippen molar-refractivity contribution in [1.82, 2.24) is 9.80 Å². The third kappa shape index (κ3) is 4.04. The molecule has 1 aromatic rings. The maximum atomic E-state index is 12.4. The molecule has 0 spiro atoms. The first-order valence-corrected chi connectivity index (χ1v) is 8.17. The zero-order valence-corrected chi connectivity index (χ0v) is 13.4. The molecule has 0 radical (unpaired) electrons. The van der Waals surface area contributed by atoms with Crippen molar-refractivity contribution >= 4 is 23.2 Å². The van der Waals surface area contributed by atoms with Gasteiger partial charge in [0, 0.05) is 24.0 Å². The van der Waals surface area contributed by atoms with Gasteiger partial charge < -0.3 is 10.6 Å². The SMILES string of the molecule is CC(c1cccs1)N(C)CC(=O)N1CCCC(C(N)=O)C1. The van der Waals surface area contributed by atoms with Crippen LogP contribution in [0.5, 0.6) is 0 Å². The predicted molar refractivity (Wildman–Crippen MR) is 83.9 cm³/mol. The largest absolute Gasteiger partial charge is 0.369 e. The van der Waals surface area contributed by atoms with Crippen molar-refractivity contribution in [1.29, 1.82) is 0 Å². The average molecular weight is 309 g/mol. The molecule has 2 unspecified atom stereocenters. The van der Waals surface area contributed by atoms with Gasteiger partial charge >= 0.3 is 0 Å². The smallest absolute Gasteiger partial charge is 0.236 e. The van der Waals surface area contributed by atoms with Gasteiger partial charge in [-0.25, -0.2) is 0 Å². The van der Waals surface area contributed by atoms with E-state index >= 15 is 0 Å². The molecule has 0 saturated carbocycles. The number of hydrogen-bond acceptors (Lipinski definition) is 4. The van der Waals surface area contributed by atoms with Gasteiger partial charge in [-0.1, -0.05) is 6.07 Å². The maximum Gasteiger partial charge on any atom is 0.236 e. The lowest BCUT2D eigenvalue weighted by Gasteiger charge is -2.33. The molecule has 2 heterocycles. The van der Waals surface area contributed by atoms with Crippen molar-refractivity contribution in [2.45, 2.75) is 25.8 Å². The molecule has 2 rings (SSSR count). The molecule has 2 amide bonds. The quantitative estimate of drug-likeness (QED) is 0.895. The van der Waals surface area contributed by atoms with Crippen LogP contribution in [0.15, 0.2) is 17.5 Å². The third-order valence-corrected chi connectivity index (χ3v) is 5.22. The predicted octanol–water partition coefficient (Wildman–Crippen LogP) is 1.46. The number of primary amides is 1. The molecule has 5 nitrogen and oxygen atoms in total. The van der Waals surface area contributed by atoms with E-state index in [0.29, 0.717) is 13.1 Å². The molecule has 1 aromatic heterocycles. The van der Waals surface area contributed by atoms with E-state index in [2.05, 4.69) is 13.0 Å². The van der Waals surface area contributed by atoms with Crippen LogP contribution in [0.1, 0.15) is 30.7 Å². The summed E-state index contributed by atoms with van der Waals surface area (Å²) in [6.45, 7) is 3.66. The van der Waals surface area contributed by atoms with Crippen molar-refractivity contribution in [2.24, 2.45) is 11.7 Å². The Bertz CT molecular complexity index is 489. The second-order valence-electron chi connectivity index (χ2n) is 5.69. The van der Waals surface area contributed by atoms with E-state index in [1.807, 2.05) is 23.4 Å². The first-order valence-electron chi connectivity index (χ1n) is 7.29. The van der Waals surface area contributed by atoms with Crippen LogP contribution in [-0.4, -0.2) is 48.3 Å². The van der Waals surface area contributed by atoms with Gasteiger partial charge in [0.2, 0.25) is 11.8 Å². The van der Waals surface area contributed by atoms with Crippen molar-refractivity contribution in [2.75, 3.05) is 26.7 Å². The molecule has 6 heteroatoms. The minimum atomic E-state index is -0.298. The maximum absolute atomic E-state index is 12.4. The molecule has 1 aliphatic rings. The third-order valence-electron chi connectivity index (χ3n) is 4.18. The fourth-order valence-corrected chi connectivity index (χ4v) is 3.48. The summed E-state index contributed by atoms with van der Waals surface area (Å²) in [6, 6.07) is 4.32. The minimum absolute atomic E-state index is 0.0758. The summed E-state index contributed by atoms with van der Waals surface area (Å²) in [5, 5.41) is 2.05. The summed E-state index contributed by atoms with van der Waals surface area (Å²) in [6.07, 6.45) is 1.64. The highest BCUT2D eigenvalue weighted by Crippen LogP contribution is 2.23.